The molecular weight excluding hydrogens is 297 g/mol. The fourth-order valence-electron chi connectivity index (χ4n) is 2.28. The number of halogens is 1. The minimum Gasteiger partial charge on any atom is -0.348 e. The summed E-state index contributed by atoms with van der Waals surface area (Å²) in [6.45, 7) is 1.97. The third-order valence-electron chi connectivity index (χ3n) is 3.61. The number of pyridine rings is 1. The Morgan fingerprint density at radius 3 is 2.96 bits per heavy atom. The number of aromatic nitrogens is 2. The van der Waals surface area contributed by atoms with Crippen molar-refractivity contribution < 1.29 is 9.18 Å². The molecule has 0 saturated heterocycles. The van der Waals surface area contributed by atoms with Gasteiger partial charge < -0.3 is 5.32 Å². The van der Waals surface area contributed by atoms with Gasteiger partial charge in [0.2, 0.25) is 0 Å². The smallest absolute Gasteiger partial charge is 0.270 e. The van der Waals surface area contributed by atoms with Crippen LogP contribution in [0.25, 0.3) is 5.65 Å². The van der Waals surface area contributed by atoms with E-state index in [1.54, 1.807) is 30.5 Å². The van der Waals surface area contributed by atoms with Gasteiger partial charge in [0.05, 0.1) is 0 Å². The Labute approximate surface area is 131 Å². The highest BCUT2D eigenvalue weighted by Crippen LogP contribution is 2.10. The van der Waals surface area contributed by atoms with Crippen molar-refractivity contribution in [3.8, 4) is 0 Å². The van der Waals surface area contributed by atoms with Crippen molar-refractivity contribution >= 4 is 11.6 Å². The van der Waals surface area contributed by atoms with Crippen molar-refractivity contribution in [2.24, 2.45) is 0 Å². The summed E-state index contributed by atoms with van der Waals surface area (Å²) in [5.41, 5.74) is 1.49. The van der Waals surface area contributed by atoms with Gasteiger partial charge in [0.15, 0.2) is 0 Å². The van der Waals surface area contributed by atoms with E-state index in [-0.39, 0.29) is 17.9 Å². The maximum atomic E-state index is 13.3. The summed E-state index contributed by atoms with van der Waals surface area (Å²) < 4.78 is 14.6. The van der Waals surface area contributed by atoms with E-state index in [4.69, 9.17) is 0 Å². The molecule has 0 bridgehead atoms. The fourth-order valence-corrected chi connectivity index (χ4v) is 2.28. The molecular formula is C17H14FN3O2. The SMILES string of the molecule is Cc1ccc(F)cc1CNC(=O)c1cnc2ccccn2c1=O. The van der Waals surface area contributed by atoms with Gasteiger partial charge in [-0.05, 0) is 42.3 Å². The van der Waals surface area contributed by atoms with E-state index in [0.717, 1.165) is 5.56 Å². The maximum Gasteiger partial charge on any atom is 0.270 e. The Kier molecular flexibility index (Phi) is 3.89. The van der Waals surface area contributed by atoms with E-state index >= 15 is 0 Å². The molecule has 6 heteroatoms. The fraction of sp³-hybridized carbons (Fsp3) is 0.118. The minimum atomic E-state index is -0.538. The topological polar surface area (TPSA) is 63.5 Å². The number of nitrogens with one attached hydrogen (secondary N) is 1. The second-order valence-electron chi connectivity index (χ2n) is 5.16. The van der Waals surface area contributed by atoms with Crippen LogP contribution < -0.4 is 10.9 Å². The molecule has 1 aromatic carbocycles. The first-order valence-corrected chi connectivity index (χ1v) is 7.06. The van der Waals surface area contributed by atoms with Gasteiger partial charge in [0, 0.05) is 18.9 Å². The molecule has 5 nitrogen and oxygen atoms in total. The van der Waals surface area contributed by atoms with Crippen LogP contribution in [0, 0.1) is 12.7 Å². The van der Waals surface area contributed by atoms with Crippen LogP contribution in [0.2, 0.25) is 0 Å². The lowest BCUT2D eigenvalue weighted by Gasteiger charge is -2.08. The average Bonchev–Trinajstić information content (AvgIpc) is 2.56. The van der Waals surface area contributed by atoms with Crippen molar-refractivity contribution in [1.82, 2.24) is 14.7 Å². The molecule has 0 unspecified atom stereocenters. The van der Waals surface area contributed by atoms with Gasteiger partial charge in [-0.2, -0.15) is 0 Å². The number of aryl methyl sites for hydroxylation is 1. The highest BCUT2D eigenvalue weighted by molar-refractivity contribution is 5.93. The monoisotopic (exact) mass is 311 g/mol. The summed E-state index contributed by atoms with van der Waals surface area (Å²) in [5, 5.41) is 2.63. The highest BCUT2D eigenvalue weighted by Gasteiger charge is 2.13. The maximum absolute atomic E-state index is 13.3. The molecule has 0 saturated carbocycles. The zero-order valence-electron chi connectivity index (χ0n) is 12.4. The lowest BCUT2D eigenvalue weighted by molar-refractivity contribution is 0.0948. The third-order valence-corrected chi connectivity index (χ3v) is 3.61. The van der Waals surface area contributed by atoms with Gasteiger partial charge in [-0.25, -0.2) is 9.37 Å². The van der Waals surface area contributed by atoms with Crippen LogP contribution in [0.15, 0.2) is 53.6 Å². The molecule has 2 heterocycles. The van der Waals surface area contributed by atoms with Crippen LogP contribution in [0.3, 0.4) is 0 Å². The van der Waals surface area contributed by atoms with Crippen LogP contribution in [0.4, 0.5) is 4.39 Å². The lowest BCUT2D eigenvalue weighted by Crippen LogP contribution is -2.31. The number of rotatable bonds is 3. The summed E-state index contributed by atoms with van der Waals surface area (Å²) in [7, 11) is 0. The van der Waals surface area contributed by atoms with Gasteiger partial charge in [0.1, 0.15) is 17.0 Å². The number of nitrogens with zero attached hydrogens (tertiary/aromatic N) is 2. The second-order valence-corrected chi connectivity index (χ2v) is 5.16. The molecule has 116 valence electrons. The van der Waals surface area contributed by atoms with E-state index in [1.165, 1.54) is 22.7 Å². The molecule has 0 atom stereocenters. The Morgan fingerprint density at radius 1 is 1.30 bits per heavy atom. The van der Waals surface area contributed by atoms with Crippen LogP contribution >= 0.6 is 0 Å². The van der Waals surface area contributed by atoms with E-state index in [2.05, 4.69) is 10.3 Å². The van der Waals surface area contributed by atoms with Gasteiger partial charge in [-0.15, -0.1) is 0 Å². The van der Waals surface area contributed by atoms with E-state index in [1.807, 2.05) is 6.92 Å². The van der Waals surface area contributed by atoms with Gasteiger partial charge in [0.25, 0.3) is 11.5 Å². The number of amides is 1. The van der Waals surface area contributed by atoms with Crippen molar-refractivity contribution in [3.05, 3.63) is 81.7 Å². The standard InChI is InChI=1S/C17H14FN3O2/c1-11-5-6-13(18)8-12(11)9-20-16(22)14-10-19-15-4-2-3-7-21(15)17(14)23/h2-8,10H,9H2,1H3,(H,20,22). The summed E-state index contributed by atoms with van der Waals surface area (Å²) in [6, 6.07) is 9.49. The quantitative estimate of drug-likeness (QED) is 0.805. The molecule has 0 radical (unpaired) electrons. The number of carbonyl (C=O) groups excluding carboxylic acids is 1. The van der Waals surface area contributed by atoms with Crippen molar-refractivity contribution in [2.45, 2.75) is 13.5 Å². The summed E-state index contributed by atoms with van der Waals surface area (Å²) in [4.78, 5) is 28.6. The zero-order valence-corrected chi connectivity index (χ0v) is 12.4. The van der Waals surface area contributed by atoms with Crippen LogP contribution in [-0.2, 0) is 6.54 Å². The molecule has 3 rings (SSSR count). The zero-order chi connectivity index (χ0) is 16.4. The Balaban J connectivity index is 1.85. The van der Waals surface area contributed by atoms with E-state index < -0.39 is 11.5 Å². The minimum absolute atomic E-state index is 0.0530. The lowest BCUT2D eigenvalue weighted by atomic mass is 10.1. The van der Waals surface area contributed by atoms with Crippen LogP contribution in [-0.4, -0.2) is 15.3 Å². The number of benzene rings is 1. The van der Waals surface area contributed by atoms with Crippen molar-refractivity contribution in [2.75, 3.05) is 0 Å². The van der Waals surface area contributed by atoms with Crippen LogP contribution in [0.5, 0.6) is 0 Å². The predicted octanol–water partition coefficient (Wildman–Crippen LogP) is 2.07. The molecule has 3 aromatic rings. The van der Waals surface area contributed by atoms with Gasteiger partial charge in [-0.1, -0.05) is 12.1 Å². The first kappa shape index (κ1) is 14.9. The molecule has 0 aliphatic carbocycles. The molecule has 0 aliphatic heterocycles. The van der Waals surface area contributed by atoms with Crippen molar-refractivity contribution in [3.63, 3.8) is 0 Å². The molecule has 0 spiro atoms. The molecule has 1 amide bonds. The normalized spacial score (nSPS) is 10.7. The summed E-state index contributed by atoms with van der Waals surface area (Å²) in [5.74, 6) is -0.906. The molecule has 0 aliphatic rings. The second kappa shape index (κ2) is 6.00. The number of carbonyl (C=O) groups is 1. The molecule has 2 aromatic heterocycles. The molecule has 0 fully saturated rings. The first-order valence-electron chi connectivity index (χ1n) is 7.06. The third kappa shape index (κ3) is 2.96. The van der Waals surface area contributed by atoms with Gasteiger partial charge in [-0.3, -0.25) is 14.0 Å². The largest absolute Gasteiger partial charge is 0.348 e. The van der Waals surface area contributed by atoms with Crippen LogP contribution in [0.1, 0.15) is 21.5 Å². The molecule has 1 N–H and O–H groups in total. The Bertz CT molecular complexity index is 950. The number of fused-ring (bicyclic) bond motifs is 1. The van der Waals surface area contributed by atoms with Gasteiger partial charge >= 0.3 is 0 Å². The Hall–Kier alpha value is -3.02. The number of hydrogen-bond donors (Lipinski definition) is 1. The first-order chi connectivity index (χ1) is 11.1. The molecule has 23 heavy (non-hydrogen) atoms. The van der Waals surface area contributed by atoms with E-state index in [0.29, 0.717) is 11.2 Å². The number of hydrogen-bond acceptors (Lipinski definition) is 3. The summed E-state index contributed by atoms with van der Waals surface area (Å²) in [6.07, 6.45) is 2.81. The average molecular weight is 311 g/mol. The van der Waals surface area contributed by atoms with E-state index in [9.17, 15) is 14.0 Å². The summed E-state index contributed by atoms with van der Waals surface area (Å²) >= 11 is 0. The van der Waals surface area contributed by atoms with Crippen molar-refractivity contribution in [1.29, 1.82) is 0 Å². The Morgan fingerprint density at radius 2 is 2.13 bits per heavy atom. The highest BCUT2D eigenvalue weighted by atomic mass is 19.1. The predicted molar refractivity (Wildman–Crippen MR) is 83.8 cm³/mol.